The highest BCUT2D eigenvalue weighted by molar-refractivity contribution is 7.17. The van der Waals surface area contributed by atoms with Crippen LogP contribution in [-0.2, 0) is 4.74 Å². The van der Waals surface area contributed by atoms with Crippen molar-refractivity contribution in [2.75, 3.05) is 13.7 Å². The summed E-state index contributed by atoms with van der Waals surface area (Å²) in [6.45, 7) is 4.59. The molecule has 0 bridgehead atoms. The predicted molar refractivity (Wildman–Crippen MR) is 83.2 cm³/mol. The molecule has 1 N–H and O–H groups in total. The van der Waals surface area contributed by atoms with Crippen LogP contribution in [0.4, 0.5) is 0 Å². The maximum atomic E-state index is 11.8. The van der Waals surface area contributed by atoms with E-state index in [0.717, 1.165) is 20.9 Å². The third-order valence-corrected chi connectivity index (χ3v) is 4.29. The topological polar surface area (TPSA) is 38.3 Å². The summed E-state index contributed by atoms with van der Waals surface area (Å²) in [5.41, 5.74) is 2.25. The van der Waals surface area contributed by atoms with Crippen molar-refractivity contribution in [3.63, 3.8) is 0 Å². The standard InChI is InChI=1S/C16H19NO2S/c1-4-17-16(18)15-9-8-14(20-15)13-7-5-6-12(10-13)11(2)19-3/h5-11H,4H2,1-3H3,(H,17,18)/t11-/m1/s1. The van der Waals surface area contributed by atoms with E-state index in [0.29, 0.717) is 6.54 Å². The van der Waals surface area contributed by atoms with Gasteiger partial charge in [0, 0.05) is 18.5 Å². The van der Waals surface area contributed by atoms with Crippen LogP contribution in [0.2, 0.25) is 0 Å². The number of amides is 1. The molecule has 0 fully saturated rings. The highest BCUT2D eigenvalue weighted by Gasteiger charge is 2.10. The molecule has 0 radical (unpaired) electrons. The summed E-state index contributed by atoms with van der Waals surface area (Å²) in [6, 6.07) is 12.1. The van der Waals surface area contributed by atoms with Crippen molar-refractivity contribution >= 4 is 17.2 Å². The molecule has 20 heavy (non-hydrogen) atoms. The molecule has 1 aromatic heterocycles. The molecule has 3 nitrogen and oxygen atoms in total. The predicted octanol–water partition coefficient (Wildman–Crippen LogP) is 3.87. The number of benzene rings is 1. The molecule has 4 heteroatoms. The zero-order chi connectivity index (χ0) is 14.5. The fourth-order valence-electron chi connectivity index (χ4n) is 1.94. The summed E-state index contributed by atoms with van der Waals surface area (Å²) >= 11 is 1.51. The first kappa shape index (κ1) is 14.8. The van der Waals surface area contributed by atoms with Gasteiger partial charge in [-0.3, -0.25) is 4.79 Å². The van der Waals surface area contributed by atoms with Gasteiger partial charge >= 0.3 is 0 Å². The second-order valence-corrected chi connectivity index (χ2v) is 5.61. The molecule has 1 aromatic carbocycles. The van der Waals surface area contributed by atoms with Gasteiger partial charge in [-0.15, -0.1) is 11.3 Å². The fraction of sp³-hybridized carbons (Fsp3) is 0.312. The van der Waals surface area contributed by atoms with E-state index in [1.807, 2.05) is 32.0 Å². The van der Waals surface area contributed by atoms with Gasteiger partial charge in [-0.1, -0.05) is 18.2 Å². The van der Waals surface area contributed by atoms with Gasteiger partial charge in [0.2, 0.25) is 0 Å². The van der Waals surface area contributed by atoms with Crippen LogP contribution in [0.5, 0.6) is 0 Å². The lowest BCUT2D eigenvalue weighted by molar-refractivity contribution is 0.0960. The summed E-state index contributed by atoms with van der Waals surface area (Å²) in [5, 5.41) is 2.82. The monoisotopic (exact) mass is 289 g/mol. The Morgan fingerprint density at radius 1 is 1.35 bits per heavy atom. The van der Waals surface area contributed by atoms with Crippen molar-refractivity contribution in [3.8, 4) is 10.4 Å². The molecule has 0 aliphatic rings. The summed E-state index contributed by atoms with van der Waals surface area (Å²) in [5.74, 6) is -0.00911. The maximum Gasteiger partial charge on any atom is 0.261 e. The molecule has 0 aliphatic heterocycles. The number of hydrogen-bond donors (Lipinski definition) is 1. The Morgan fingerprint density at radius 3 is 2.85 bits per heavy atom. The number of carbonyl (C=O) groups is 1. The number of rotatable bonds is 5. The average Bonchev–Trinajstić information content (AvgIpc) is 2.97. The molecule has 1 heterocycles. The van der Waals surface area contributed by atoms with Crippen molar-refractivity contribution in [2.45, 2.75) is 20.0 Å². The van der Waals surface area contributed by atoms with Crippen molar-refractivity contribution in [1.82, 2.24) is 5.32 Å². The summed E-state index contributed by atoms with van der Waals surface area (Å²) in [7, 11) is 1.70. The number of carbonyl (C=O) groups excluding carboxylic acids is 1. The van der Waals surface area contributed by atoms with Crippen LogP contribution in [0.25, 0.3) is 10.4 Å². The highest BCUT2D eigenvalue weighted by Crippen LogP contribution is 2.30. The lowest BCUT2D eigenvalue weighted by atomic mass is 10.1. The van der Waals surface area contributed by atoms with Crippen molar-refractivity contribution in [2.24, 2.45) is 0 Å². The van der Waals surface area contributed by atoms with Gasteiger partial charge in [0.15, 0.2) is 0 Å². The van der Waals surface area contributed by atoms with Crippen molar-refractivity contribution < 1.29 is 9.53 Å². The highest BCUT2D eigenvalue weighted by atomic mass is 32.1. The SMILES string of the molecule is CCNC(=O)c1ccc(-c2cccc([C@@H](C)OC)c2)s1. The largest absolute Gasteiger partial charge is 0.377 e. The average molecular weight is 289 g/mol. The van der Waals surface area contributed by atoms with Gasteiger partial charge in [0.05, 0.1) is 11.0 Å². The van der Waals surface area contributed by atoms with E-state index in [2.05, 4.69) is 23.5 Å². The number of nitrogens with one attached hydrogen (secondary N) is 1. The minimum absolute atomic E-state index is 0.00911. The van der Waals surface area contributed by atoms with Crippen LogP contribution in [0.3, 0.4) is 0 Å². The summed E-state index contributed by atoms with van der Waals surface area (Å²) in [4.78, 5) is 13.6. The van der Waals surface area contributed by atoms with Gasteiger partial charge in [-0.05, 0) is 43.2 Å². The Balaban J connectivity index is 2.26. The Kier molecular flexibility index (Phi) is 4.93. The zero-order valence-electron chi connectivity index (χ0n) is 12.0. The molecule has 0 saturated carbocycles. The molecule has 0 aliphatic carbocycles. The van der Waals surface area contributed by atoms with Gasteiger partial charge in [-0.25, -0.2) is 0 Å². The van der Waals surface area contributed by atoms with E-state index in [4.69, 9.17) is 4.74 Å². The van der Waals surface area contributed by atoms with Gasteiger partial charge in [-0.2, -0.15) is 0 Å². The lowest BCUT2D eigenvalue weighted by Gasteiger charge is -2.10. The minimum atomic E-state index is -0.00911. The normalized spacial score (nSPS) is 12.2. The first-order chi connectivity index (χ1) is 9.65. The van der Waals surface area contributed by atoms with Crippen LogP contribution in [0.15, 0.2) is 36.4 Å². The van der Waals surface area contributed by atoms with E-state index in [9.17, 15) is 4.79 Å². The molecule has 2 aromatic rings. The second kappa shape index (κ2) is 6.68. The zero-order valence-corrected chi connectivity index (χ0v) is 12.8. The summed E-state index contributed by atoms with van der Waals surface area (Å²) < 4.78 is 5.34. The molecular weight excluding hydrogens is 270 g/mol. The van der Waals surface area contributed by atoms with Crippen LogP contribution >= 0.6 is 11.3 Å². The third kappa shape index (κ3) is 3.26. The number of hydrogen-bond acceptors (Lipinski definition) is 3. The minimum Gasteiger partial charge on any atom is -0.377 e. The molecule has 0 unspecified atom stereocenters. The first-order valence-electron chi connectivity index (χ1n) is 6.67. The molecule has 0 saturated heterocycles. The van der Waals surface area contributed by atoms with E-state index in [1.165, 1.54) is 11.3 Å². The maximum absolute atomic E-state index is 11.8. The summed E-state index contributed by atoms with van der Waals surface area (Å²) in [6.07, 6.45) is 0.0674. The van der Waals surface area contributed by atoms with Gasteiger partial charge in [0.1, 0.15) is 0 Å². The van der Waals surface area contributed by atoms with Gasteiger partial charge < -0.3 is 10.1 Å². The second-order valence-electron chi connectivity index (χ2n) is 4.53. The Bertz CT molecular complexity index is 592. The van der Waals surface area contributed by atoms with Crippen molar-refractivity contribution in [1.29, 1.82) is 0 Å². The van der Waals surface area contributed by atoms with Gasteiger partial charge in [0.25, 0.3) is 5.91 Å². The fourth-order valence-corrected chi connectivity index (χ4v) is 2.86. The number of thiophene rings is 1. The van der Waals surface area contributed by atoms with Crippen LogP contribution in [0.1, 0.15) is 35.2 Å². The Labute approximate surface area is 123 Å². The van der Waals surface area contributed by atoms with E-state index >= 15 is 0 Å². The lowest BCUT2D eigenvalue weighted by Crippen LogP contribution is -2.21. The number of methoxy groups -OCH3 is 1. The molecule has 1 amide bonds. The van der Waals surface area contributed by atoms with Crippen molar-refractivity contribution in [3.05, 3.63) is 46.8 Å². The van der Waals surface area contributed by atoms with E-state index in [1.54, 1.807) is 7.11 Å². The molecule has 2 rings (SSSR count). The van der Waals surface area contributed by atoms with Crippen LogP contribution < -0.4 is 5.32 Å². The Morgan fingerprint density at radius 2 is 2.15 bits per heavy atom. The first-order valence-corrected chi connectivity index (χ1v) is 7.48. The third-order valence-electron chi connectivity index (χ3n) is 3.16. The molecular formula is C16H19NO2S. The smallest absolute Gasteiger partial charge is 0.261 e. The van der Waals surface area contributed by atoms with E-state index in [-0.39, 0.29) is 12.0 Å². The quantitative estimate of drug-likeness (QED) is 0.907. The van der Waals surface area contributed by atoms with Crippen LogP contribution in [0, 0.1) is 0 Å². The Hall–Kier alpha value is -1.65. The molecule has 0 spiro atoms. The molecule has 106 valence electrons. The number of ether oxygens (including phenoxy) is 1. The van der Waals surface area contributed by atoms with E-state index < -0.39 is 0 Å². The van der Waals surface area contributed by atoms with Crippen LogP contribution in [-0.4, -0.2) is 19.6 Å². The molecule has 1 atom stereocenters.